The molecule has 0 aromatic carbocycles. The zero-order valence-electron chi connectivity index (χ0n) is 16.8. The van der Waals surface area contributed by atoms with Crippen molar-refractivity contribution in [1.82, 2.24) is 20.4 Å². The van der Waals surface area contributed by atoms with E-state index in [0.29, 0.717) is 19.5 Å². The number of hydrogen-bond acceptors (Lipinski definition) is 4. The number of hydrogen-bond donors (Lipinski definition) is 2. The molecule has 0 aromatic heterocycles. The predicted molar refractivity (Wildman–Crippen MR) is 106 cm³/mol. The highest BCUT2D eigenvalue weighted by atomic mass is 16.2. The molecule has 3 aliphatic rings. The van der Waals surface area contributed by atoms with Crippen LogP contribution in [0.5, 0.6) is 0 Å². The maximum Gasteiger partial charge on any atom is 0.233 e. The lowest BCUT2D eigenvalue weighted by atomic mass is 9.85. The standard InChI is InChI=1S/C20H33N5O2/c1-4-21-20(22-9-5-11-24(2)3)23-10-6-12-25-18(26)16-14-7-8-15(13-14)17(16)19(25)27/h7-8,14-17H,4-6,9-13H2,1-3H3,(H2,21,22,23). The van der Waals surface area contributed by atoms with Gasteiger partial charge in [-0.05, 0) is 58.7 Å². The molecule has 2 N–H and O–H groups in total. The molecule has 4 unspecified atom stereocenters. The van der Waals surface area contributed by atoms with Gasteiger partial charge in [-0.2, -0.15) is 0 Å². The van der Waals surface area contributed by atoms with Crippen molar-refractivity contribution in [2.45, 2.75) is 26.2 Å². The van der Waals surface area contributed by atoms with Gasteiger partial charge in [-0.15, -0.1) is 0 Å². The second-order valence-electron chi connectivity index (χ2n) is 8.03. The molecule has 2 bridgehead atoms. The van der Waals surface area contributed by atoms with Gasteiger partial charge < -0.3 is 15.5 Å². The Hall–Kier alpha value is -1.89. The third-order valence-electron chi connectivity index (χ3n) is 5.79. The molecular weight excluding hydrogens is 342 g/mol. The molecule has 4 atom stereocenters. The Labute approximate surface area is 162 Å². The zero-order chi connectivity index (χ0) is 19.4. The number of nitrogens with zero attached hydrogens (tertiary/aromatic N) is 3. The number of fused-ring (bicyclic) bond motifs is 5. The van der Waals surface area contributed by atoms with Crippen molar-refractivity contribution in [1.29, 1.82) is 0 Å². The summed E-state index contributed by atoms with van der Waals surface area (Å²) in [5, 5.41) is 6.57. The third kappa shape index (κ3) is 4.34. The average Bonchev–Trinajstić information content (AvgIpc) is 3.30. The quantitative estimate of drug-likeness (QED) is 0.204. The van der Waals surface area contributed by atoms with E-state index >= 15 is 0 Å². The Kier molecular flexibility index (Phi) is 6.52. The monoisotopic (exact) mass is 375 g/mol. The van der Waals surface area contributed by atoms with Crippen molar-refractivity contribution in [3.8, 4) is 0 Å². The largest absolute Gasteiger partial charge is 0.357 e. The number of carbonyl (C=O) groups excluding carboxylic acids is 2. The van der Waals surface area contributed by atoms with Gasteiger partial charge in [0.05, 0.1) is 11.8 Å². The van der Waals surface area contributed by atoms with Crippen LogP contribution in [0.2, 0.25) is 0 Å². The van der Waals surface area contributed by atoms with Gasteiger partial charge in [0.2, 0.25) is 11.8 Å². The topological polar surface area (TPSA) is 77.0 Å². The summed E-state index contributed by atoms with van der Waals surface area (Å²) in [6.45, 7) is 5.83. The Morgan fingerprint density at radius 3 is 2.41 bits per heavy atom. The number of aliphatic imine (C=N–C) groups is 1. The van der Waals surface area contributed by atoms with Crippen LogP contribution in [0.1, 0.15) is 26.2 Å². The fraction of sp³-hybridized carbons (Fsp3) is 0.750. The molecular formula is C20H33N5O2. The molecule has 0 spiro atoms. The minimum absolute atomic E-state index is 0.0412. The molecule has 2 fully saturated rings. The number of rotatable bonds is 9. The Morgan fingerprint density at radius 1 is 1.15 bits per heavy atom. The number of guanidine groups is 1. The first kappa shape index (κ1) is 19.9. The van der Waals surface area contributed by atoms with E-state index in [-0.39, 0.29) is 35.5 Å². The van der Waals surface area contributed by atoms with Gasteiger partial charge in [0, 0.05) is 26.2 Å². The summed E-state index contributed by atoms with van der Waals surface area (Å²) < 4.78 is 0. The smallest absolute Gasteiger partial charge is 0.233 e. The fourth-order valence-electron chi connectivity index (χ4n) is 4.55. The number of carbonyl (C=O) groups is 2. The maximum absolute atomic E-state index is 12.7. The van der Waals surface area contributed by atoms with Crippen molar-refractivity contribution in [2.24, 2.45) is 28.7 Å². The van der Waals surface area contributed by atoms with E-state index < -0.39 is 0 Å². The molecule has 3 rings (SSSR count). The first-order valence-electron chi connectivity index (χ1n) is 10.2. The molecule has 1 saturated heterocycles. The van der Waals surface area contributed by atoms with Gasteiger partial charge in [0.15, 0.2) is 5.96 Å². The van der Waals surface area contributed by atoms with Crippen molar-refractivity contribution in [3.63, 3.8) is 0 Å². The predicted octanol–water partition coefficient (Wildman–Crippen LogP) is 0.690. The first-order chi connectivity index (χ1) is 13.0. The normalized spacial score (nSPS) is 29.2. The van der Waals surface area contributed by atoms with Gasteiger partial charge >= 0.3 is 0 Å². The molecule has 150 valence electrons. The van der Waals surface area contributed by atoms with Gasteiger partial charge in [0.25, 0.3) is 0 Å². The Morgan fingerprint density at radius 2 is 1.81 bits per heavy atom. The van der Waals surface area contributed by atoms with E-state index in [9.17, 15) is 9.59 Å². The summed E-state index contributed by atoms with van der Waals surface area (Å²) in [5.41, 5.74) is 0. The van der Waals surface area contributed by atoms with Crippen LogP contribution in [0.15, 0.2) is 17.1 Å². The van der Waals surface area contributed by atoms with Crippen LogP contribution in [0.4, 0.5) is 0 Å². The minimum Gasteiger partial charge on any atom is -0.357 e. The van der Waals surface area contributed by atoms with Crippen molar-refractivity contribution in [2.75, 3.05) is 46.8 Å². The van der Waals surface area contributed by atoms with Crippen LogP contribution in [-0.2, 0) is 9.59 Å². The Bertz CT molecular complexity index is 585. The summed E-state index contributed by atoms with van der Waals surface area (Å²) in [4.78, 5) is 33.5. The van der Waals surface area contributed by atoms with Crippen LogP contribution in [0.25, 0.3) is 0 Å². The molecule has 7 heteroatoms. The fourth-order valence-corrected chi connectivity index (χ4v) is 4.55. The summed E-state index contributed by atoms with van der Waals surface area (Å²) in [5.74, 6) is 1.27. The van der Waals surface area contributed by atoms with Crippen molar-refractivity contribution >= 4 is 17.8 Å². The maximum atomic E-state index is 12.7. The van der Waals surface area contributed by atoms with Crippen LogP contribution in [0.3, 0.4) is 0 Å². The molecule has 0 aromatic rings. The minimum atomic E-state index is -0.0910. The van der Waals surface area contributed by atoms with Crippen LogP contribution in [-0.4, -0.2) is 74.4 Å². The second kappa shape index (κ2) is 8.87. The third-order valence-corrected chi connectivity index (χ3v) is 5.79. The van der Waals surface area contributed by atoms with Crippen LogP contribution in [0, 0.1) is 23.7 Å². The lowest BCUT2D eigenvalue weighted by molar-refractivity contribution is -0.140. The molecule has 27 heavy (non-hydrogen) atoms. The SMILES string of the molecule is CCNC(=NCCCN1C(=O)C2C3C=CC(C3)C2C1=O)NCCCN(C)C. The van der Waals surface area contributed by atoms with E-state index in [4.69, 9.17) is 0 Å². The van der Waals surface area contributed by atoms with Gasteiger partial charge in [-0.3, -0.25) is 19.5 Å². The molecule has 1 aliphatic heterocycles. The lowest BCUT2D eigenvalue weighted by Crippen LogP contribution is -2.39. The van der Waals surface area contributed by atoms with Crippen LogP contribution >= 0.6 is 0 Å². The van der Waals surface area contributed by atoms with Crippen molar-refractivity contribution in [3.05, 3.63) is 12.2 Å². The van der Waals surface area contributed by atoms with Gasteiger partial charge in [-0.25, -0.2) is 0 Å². The van der Waals surface area contributed by atoms with E-state index in [0.717, 1.165) is 38.4 Å². The number of allylic oxidation sites excluding steroid dienone is 2. The highest BCUT2D eigenvalue weighted by Gasteiger charge is 2.58. The Balaban J connectivity index is 1.43. The number of amides is 2. The number of nitrogens with one attached hydrogen (secondary N) is 2. The van der Waals surface area contributed by atoms with E-state index in [1.165, 1.54) is 4.90 Å². The molecule has 2 amide bonds. The number of imide groups is 1. The summed E-state index contributed by atoms with van der Waals surface area (Å²) in [7, 11) is 4.13. The highest BCUT2D eigenvalue weighted by Crippen LogP contribution is 2.52. The molecule has 7 nitrogen and oxygen atoms in total. The highest BCUT2D eigenvalue weighted by molar-refractivity contribution is 6.06. The molecule has 2 aliphatic carbocycles. The van der Waals surface area contributed by atoms with Crippen LogP contribution < -0.4 is 10.6 Å². The summed E-state index contributed by atoms with van der Waals surface area (Å²) in [6.07, 6.45) is 7.00. The molecule has 1 saturated carbocycles. The van der Waals surface area contributed by atoms with Gasteiger partial charge in [0.1, 0.15) is 0 Å². The second-order valence-corrected chi connectivity index (χ2v) is 8.03. The first-order valence-corrected chi connectivity index (χ1v) is 10.2. The van der Waals surface area contributed by atoms with E-state index in [2.05, 4.69) is 46.8 Å². The van der Waals surface area contributed by atoms with E-state index in [1.807, 2.05) is 6.92 Å². The number of likely N-dealkylation sites (tertiary alicyclic amines) is 1. The van der Waals surface area contributed by atoms with Crippen molar-refractivity contribution < 1.29 is 9.59 Å². The summed E-state index contributed by atoms with van der Waals surface area (Å²) in [6, 6.07) is 0. The van der Waals surface area contributed by atoms with E-state index in [1.54, 1.807) is 0 Å². The zero-order valence-corrected chi connectivity index (χ0v) is 16.8. The summed E-state index contributed by atoms with van der Waals surface area (Å²) >= 11 is 0. The molecule has 0 radical (unpaired) electrons. The van der Waals surface area contributed by atoms with Gasteiger partial charge in [-0.1, -0.05) is 12.2 Å². The average molecular weight is 376 g/mol. The molecule has 1 heterocycles. The lowest BCUT2D eigenvalue weighted by Gasteiger charge is -2.17.